The summed E-state index contributed by atoms with van der Waals surface area (Å²) in [5.41, 5.74) is 1.78. The number of aromatic nitrogens is 3. The third-order valence-electron chi connectivity index (χ3n) is 4.28. The number of benzene rings is 1. The minimum absolute atomic E-state index is 0.527. The van der Waals surface area contributed by atoms with E-state index < -0.39 is 0 Å². The SMILES string of the molecule is Clc1ccc(-c2nnc(NCC3CCOC3)c3ccncc23)cc1. The molecule has 1 saturated heterocycles. The largest absolute Gasteiger partial charge is 0.381 e. The predicted molar refractivity (Wildman–Crippen MR) is 95.2 cm³/mol. The van der Waals surface area contributed by atoms with E-state index in [0.29, 0.717) is 10.9 Å². The molecule has 1 fully saturated rings. The summed E-state index contributed by atoms with van der Waals surface area (Å²) in [6.45, 7) is 2.49. The molecule has 1 aliphatic rings. The van der Waals surface area contributed by atoms with Crippen LogP contribution in [-0.4, -0.2) is 34.9 Å². The summed E-state index contributed by atoms with van der Waals surface area (Å²) in [5, 5.41) is 14.9. The molecule has 0 amide bonds. The summed E-state index contributed by atoms with van der Waals surface area (Å²) in [5.74, 6) is 1.32. The average molecular weight is 341 g/mol. The first kappa shape index (κ1) is 15.3. The van der Waals surface area contributed by atoms with Gasteiger partial charge in [-0.25, -0.2) is 0 Å². The fraction of sp³-hybridized carbons (Fsp3) is 0.278. The zero-order valence-electron chi connectivity index (χ0n) is 13.1. The van der Waals surface area contributed by atoms with Gasteiger partial charge in [0.05, 0.1) is 6.61 Å². The standard InChI is InChI=1S/C18H17ClN4O/c19-14-3-1-13(2-4-14)17-16-10-20-7-5-15(16)18(23-22-17)21-9-12-6-8-24-11-12/h1-5,7,10,12H,6,8-9,11H2,(H,21,23). The Morgan fingerprint density at radius 2 is 2.00 bits per heavy atom. The highest BCUT2D eigenvalue weighted by Crippen LogP contribution is 2.30. The average Bonchev–Trinajstić information content (AvgIpc) is 3.14. The minimum atomic E-state index is 0.527. The molecule has 3 aromatic rings. The highest BCUT2D eigenvalue weighted by atomic mass is 35.5. The van der Waals surface area contributed by atoms with Crippen LogP contribution in [0.25, 0.3) is 22.0 Å². The van der Waals surface area contributed by atoms with Crippen molar-refractivity contribution in [3.05, 3.63) is 47.7 Å². The Morgan fingerprint density at radius 3 is 2.79 bits per heavy atom. The van der Waals surface area contributed by atoms with Gasteiger partial charge in [-0.1, -0.05) is 23.7 Å². The van der Waals surface area contributed by atoms with E-state index in [4.69, 9.17) is 16.3 Å². The smallest absolute Gasteiger partial charge is 0.156 e. The quantitative estimate of drug-likeness (QED) is 0.783. The molecule has 122 valence electrons. The van der Waals surface area contributed by atoms with Gasteiger partial charge >= 0.3 is 0 Å². The van der Waals surface area contributed by atoms with Crippen LogP contribution in [0.5, 0.6) is 0 Å². The van der Waals surface area contributed by atoms with Crippen LogP contribution >= 0.6 is 11.6 Å². The molecule has 1 aromatic carbocycles. The molecule has 0 bridgehead atoms. The molecule has 0 spiro atoms. The van der Waals surface area contributed by atoms with Crippen molar-refractivity contribution in [3.63, 3.8) is 0 Å². The lowest BCUT2D eigenvalue weighted by atomic mass is 10.1. The Balaban J connectivity index is 1.70. The van der Waals surface area contributed by atoms with Crippen molar-refractivity contribution >= 4 is 28.2 Å². The Bertz CT molecular complexity index is 847. The molecule has 2 aromatic heterocycles. The third-order valence-corrected chi connectivity index (χ3v) is 4.53. The number of ether oxygens (including phenoxy) is 1. The molecule has 24 heavy (non-hydrogen) atoms. The second kappa shape index (κ2) is 6.71. The van der Waals surface area contributed by atoms with Crippen LogP contribution in [0.3, 0.4) is 0 Å². The van der Waals surface area contributed by atoms with Crippen LogP contribution in [0, 0.1) is 5.92 Å². The summed E-state index contributed by atoms with van der Waals surface area (Å²) < 4.78 is 5.42. The van der Waals surface area contributed by atoms with Gasteiger partial charge in [0.15, 0.2) is 5.82 Å². The van der Waals surface area contributed by atoms with Gasteiger partial charge in [0.1, 0.15) is 5.69 Å². The van der Waals surface area contributed by atoms with Crippen LogP contribution < -0.4 is 5.32 Å². The molecule has 0 radical (unpaired) electrons. The number of fused-ring (bicyclic) bond motifs is 1. The van der Waals surface area contributed by atoms with E-state index in [-0.39, 0.29) is 0 Å². The second-order valence-corrected chi connectivity index (χ2v) is 6.37. The van der Waals surface area contributed by atoms with Gasteiger partial charge in [-0.15, -0.1) is 10.2 Å². The van der Waals surface area contributed by atoms with E-state index in [1.165, 1.54) is 0 Å². The minimum Gasteiger partial charge on any atom is -0.381 e. The molecule has 4 rings (SSSR count). The Kier molecular flexibility index (Phi) is 4.28. The van der Waals surface area contributed by atoms with Crippen molar-refractivity contribution in [2.45, 2.75) is 6.42 Å². The van der Waals surface area contributed by atoms with E-state index in [9.17, 15) is 0 Å². The summed E-state index contributed by atoms with van der Waals surface area (Å²) in [4.78, 5) is 4.25. The number of rotatable bonds is 4. The molecule has 5 nitrogen and oxygen atoms in total. The van der Waals surface area contributed by atoms with Crippen molar-refractivity contribution < 1.29 is 4.74 Å². The third kappa shape index (κ3) is 3.05. The number of anilines is 1. The summed E-state index contributed by atoms with van der Waals surface area (Å²) >= 11 is 5.98. The van der Waals surface area contributed by atoms with Crippen molar-refractivity contribution in [2.75, 3.05) is 25.1 Å². The van der Waals surface area contributed by atoms with Gasteiger partial charge in [0.25, 0.3) is 0 Å². The van der Waals surface area contributed by atoms with Crippen LogP contribution in [0.4, 0.5) is 5.82 Å². The topological polar surface area (TPSA) is 59.9 Å². The van der Waals surface area contributed by atoms with Crippen molar-refractivity contribution in [1.82, 2.24) is 15.2 Å². The van der Waals surface area contributed by atoms with Crippen LogP contribution in [0.1, 0.15) is 6.42 Å². The maximum absolute atomic E-state index is 5.98. The lowest BCUT2D eigenvalue weighted by molar-refractivity contribution is 0.187. The lowest BCUT2D eigenvalue weighted by Crippen LogP contribution is -2.15. The maximum atomic E-state index is 5.98. The number of pyridine rings is 1. The van der Waals surface area contributed by atoms with E-state index in [1.54, 1.807) is 6.20 Å². The predicted octanol–water partition coefficient (Wildman–Crippen LogP) is 3.79. The highest BCUT2D eigenvalue weighted by molar-refractivity contribution is 6.30. The molecule has 6 heteroatoms. The normalized spacial score (nSPS) is 17.3. The maximum Gasteiger partial charge on any atom is 0.156 e. The summed E-state index contributed by atoms with van der Waals surface area (Å²) in [6.07, 6.45) is 4.69. The van der Waals surface area contributed by atoms with Gasteiger partial charge in [-0.05, 0) is 24.6 Å². The van der Waals surface area contributed by atoms with Crippen LogP contribution in [0.15, 0.2) is 42.7 Å². The Morgan fingerprint density at radius 1 is 1.12 bits per heavy atom. The number of hydrogen-bond acceptors (Lipinski definition) is 5. The fourth-order valence-corrected chi connectivity index (χ4v) is 3.06. The molecule has 0 saturated carbocycles. The first-order valence-corrected chi connectivity index (χ1v) is 8.37. The number of hydrogen-bond donors (Lipinski definition) is 1. The van der Waals surface area contributed by atoms with E-state index in [1.807, 2.05) is 36.5 Å². The van der Waals surface area contributed by atoms with Gasteiger partial charge in [-0.3, -0.25) is 4.98 Å². The molecule has 1 atom stereocenters. The molecule has 1 aliphatic heterocycles. The zero-order valence-corrected chi connectivity index (χ0v) is 13.8. The number of nitrogens with one attached hydrogen (secondary N) is 1. The zero-order chi connectivity index (χ0) is 16.4. The molecule has 1 N–H and O–H groups in total. The molecular formula is C18H17ClN4O. The highest BCUT2D eigenvalue weighted by Gasteiger charge is 2.17. The Labute approximate surface area is 145 Å². The van der Waals surface area contributed by atoms with E-state index in [0.717, 1.165) is 54.0 Å². The number of halogens is 1. The fourth-order valence-electron chi connectivity index (χ4n) is 2.93. The monoisotopic (exact) mass is 340 g/mol. The van der Waals surface area contributed by atoms with E-state index in [2.05, 4.69) is 20.5 Å². The van der Waals surface area contributed by atoms with Crippen LogP contribution in [-0.2, 0) is 4.74 Å². The molecule has 1 unspecified atom stereocenters. The Hall–Kier alpha value is -2.24. The van der Waals surface area contributed by atoms with Gasteiger partial charge in [0, 0.05) is 52.8 Å². The van der Waals surface area contributed by atoms with Crippen molar-refractivity contribution in [3.8, 4) is 11.3 Å². The summed E-state index contributed by atoms with van der Waals surface area (Å²) in [6, 6.07) is 9.57. The molecular weight excluding hydrogens is 324 g/mol. The number of nitrogens with zero attached hydrogens (tertiary/aromatic N) is 3. The van der Waals surface area contributed by atoms with Gasteiger partial charge in [-0.2, -0.15) is 0 Å². The van der Waals surface area contributed by atoms with Crippen molar-refractivity contribution in [2.24, 2.45) is 5.92 Å². The summed E-state index contributed by atoms with van der Waals surface area (Å²) in [7, 11) is 0. The van der Waals surface area contributed by atoms with Gasteiger partial charge < -0.3 is 10.1 Å². The van der Waals surface area contributed by atoms with Crippen LogP contribution in [0.2, 0.25) is 5.02 Å². The van der Waals surface area contributed by atoms with Crippen molar-refractivity contribution in [1.29, 1.82) is 0 Å². The second-order valence-electron chi connectivity index (χ2n) is 5.94. The van der Waals surface area contributed by atoms with E-state index >= 15 is 0 Å². The molecule has 3 heterocycles. The first-order valence-electron chi connectivity index (χ1n) is 7.99. The molecule has 0 aliphatic carbocycles. The lowest BCUT2D eigenvalue weighted by Gasteiger charge is -2.13. The first-order chi connectivity index (χ1) is 11.8. The van der Waals surface area contributed by atoms with Gasteiger partial charge in [0.2, 0.25) is 0 Å².